The molecule has 0 spiro atoms. The minimum absolute atomic E-state index is 0.166. The van der Waals surface area contributed by atoms with Crippen LogP contribution in [0.1, 0.15) is 22.8 Å². The van der Waals surface area contributed by atoms with Crippen molar-refractivity contribution >= 4 is 11.7 Å². The molecular weight excluding hydrogens is 273 g/mol. The minimum Gasteiger partial charge on any atom is -0.462 e. The molecule has 0 saturated heterocycles. The van der Waals surface area contributed by atoms with Gasteiger partial charge in [0.2, 0.25) is 0 Å². The van der Waals surface area contributed by atoms with Gasteiger partial charge < -0.3 is 15.2 Å². The molecule has 0 bridgehead atoms. The van der Waals surface area contributed by atoms with Crippen molar-refractivity contribution in [2.45, 2.75) is 13.8 Å². The third-order valence-corrected chi connectivity index (χ3v) is 2.93. The Morgan fingerprint density at radius 2 is 2.00 bits per heavy atom. The average molecular weight is 289 g/mol. The number of anilines is 1. The lowest BCUT2D eigenvalue weighted by Gasteiger charge is -2.13. The predicted molar refractivity (Wildman–Crippen MR) is 78.0 cm³/mol. The highest BCUT2D eigenvalue weighted by Gasteiger charge is 2.15. The third-order valence-electron chi connectivity index (χ3n) is 2.93. The fraction of sp³-hybridized carbons (Fsp3) is 0.188. The number of hydrogen-bond donors (Lipinski definition) is 1. The maximum Gasteiger partial charge on any atom is 0.340 e. The molecule has 4 nitrogen and oxygen atoms in total. The number of nitrogens with two attached hydrogens (primary N) is 1. The number of aryl methyl sites for hydroxylation is 1. The minimum atomic E-state index is -0.517. The number of para-hydroxylation sites is 1. The number of halogens is 1. The zero-order chi connectivity index (χ0) is 15.4. The van der Waals surface area contributed by atoms with Gasteiger partial charge in [-0.05, 0) is 37.6 Å². The summed E-state index contributed by atoms with van der Waals surface area (Å²) in [5.41, 5.74) is 7.08. The third kappa shape index (κ3) is 3.31. The molecule has 0 radical (unpaired) electrons. The largest absolute Gasteiger partial charge is 0.462 e. The van der Waals surface area contributed by atoms with Gasteiger partial charge in [0.1, 0.15) is 11.6 Å². The van der Waals surface area contributed by atoms with Crippen LogP contribution in [-0.2, 0) is 4.74 Å². The van der Waals surface area contributed by atoms with Crippen LogP contribution in [-0.4, -0.2) is 12.6 Å². The van der Waals surface area contributed by atoms with Crippen LogP contribution >= 0.6 is 0 Å². The van der Waals surface area contributed by atoms with Crippen molar-refractivity contribution in [2.24, 2.45) is 0 Å². The SMILES string of the molecule is CCOC(=O)c1cccc(Oc2cc(F)ccc2C)c1N. The van der Waals surface area contributed by atoms with Crippen LogP contribution in [0.4, 0.5) is 10.1 Å². The van der Waals surface area contributed by atoms with E-state index in [2.05, 4.69) is 0 Å². The number of ether oxygens (including phenoxy) is 2. The summed E-state index contributed by atoms with van der Waals surface area (Å²) in [6.45, 7) is 3.76. The van der Waals surface area contributed by atoms with E-state index >= 15 is 0 Å². The molecule has 0 unspecified atom stereocenters. The van der Waals surface area contributed by atoms with E-state index in [0.29, 0.717) is 5.75 Å². The van der Waals surface area contributed by atoms with Crippen molar-refractivity contribution in [3.63, 3.8) is 0 Å². The monoisotopic (exact) mass is 289 g/mol. The van der Waals surface area contributed by atoms with Crippen LogP contribution in [0, 0.1) is 12.7 Å². The highest BCUT2D eigenvalue weighted by Crippen LogP contribution is 2.32. The lowest BCUT2D eigenvalue weighted by atomic mass is 10.1. The highest BCUT2D eigenvalue weighted by molar-refractivity contribution is 5.96. The molecule has 2 aromatic carbocycles. The van der Waals surface area contributed by atoms with Crippen LogP contribution in [0.2, 0.25) is 0 Å². The zero-order valence-corrected chi connectivity index (χ0v) is 11.9. The van der Waals surface area contributed by atoms with Crippen molar-refractivity contribution in [1.29, 1.82) is 0 Å². The number of nitrogen functional groups attached to an aromatic ring is 1. The summed E-state index contributed by atoms with van der Waals surface area (Å²) in [6.07, 6.45) is 0. The van der Waals surface area contributed by atoms with E-state index in [0.717, 1.165) is 5.56 Å². The smallest absolute Gasteiger partial charge is 0.340 e. The van der Waals surface area contributed by atoms with Gasteiger partial charge in [-0.2, -0.15) is 0 Å². The van der Waals surface area contributed by atoms with E-state index in [1.807, 2.05) is 0 Å². The molecule has 110 valence electrons. The van der Waals surface area contributed by atoms with E-state index in [4.69, 9.17) is 15.2 Å². The molecule has 0 fully saturated rings. The standard InChI is InChI=1S/C16H16FNO3/c1-3-20-16(19)12-5-4-6-13(15(12)18)21-14-9-11(17)8-7-10(14)2/h4-9H,3,18H2,1-2H3. The Hall–Kier alpha value is -2.56. The van der Waals surface area contributed by atoms with Crippen LogP contribution in [0.3, 0.4) is 0 Å². The first-order chi connectivity index (χ1) is 10.0. The maximum atomic E-state index is 13.3. The Balaban J connectivity index is 2.35. The second-order valence-electron chi connectivity index (χ2n) is 4.45. The van der Waals surface area contributed by atoms with E-state index in [1.165, 1.54) is 12.1 Å². The number of esters is 1. The summed E-state index contributed by atoms with van der Waals surface area (Å²) < 4.78 is 23.8. The van der Waals surface area contributed by atoms with Crippen LogP contribution in [0.15, 0.2) is 36.4 Å². The average Bonchev–Trinajstić information content (AvgIpc) is 2.45. The van der Waals surface area contributed by atoms with Gasteiger partial charge in [0, 0.05) is 6.07 Å². The predicted octanol–water partition coefficient (Wildman–Crippen LogP) is 3.69. The van der Waals surface area contributed by atoms with E-state index in [-0.39, 0.29) is 23.6 Å². The number of benzene rings is 2. The second kappa shape index (κ2) is 6.26. The fourth-order valence-electron chi connectivity index (χ4n) is 1.82. The lowest BCUT2D eigenvalue weighted by Crippen LogP contribution is -2.08. The van der Waals surface area contributed by atoms with Gasteiger partial charge in [-0.25, -0.2) is 9.18 Å². The van der Waals surface area contributed by atoms with Crippen LogP contribution < -0.4 is 10.5 Å². The molecule has 0 aromatic heterocycles. The van der Waals surface area contributed by atoms with Gasteiger partial charge in [0.15, 0.2) is 5.75 Å². The summed E-state index contributed by atoms with van der Waals surface area (Å²) in [4.78, 5) is 11.8. The fourth-order valence-corrected chi connectivity index (χ4v) is 1.82. The molecule has 2 rings (SSSR count). The van der Waals surface area contributed by atoms with Gasteiger partial charge >= 0.3 is 5.97 Å². The molecule has 0 heterocycles. The molecule has 0 aliphatic heterocycles. The topological polar surface area (TPSA) is 61.5 Å². The first-order valence-corrected chi connectivity index (χ1v) is 6.52. The molecule has 0 amide bonds. The van der Waals surface area contributed by atoms with Crippen molar-refractivity contribution in [3.05, 3.63) is 53.3 Å². The quantitative estimate of drug-likeness (QED) is 0.689. The van der Waals surface area contributed by atoms with Crippen molar-refractivity contribution < 1.29 is 18.7 Å². The van der Waals surface area contributed by atoms with Gasteiger partial charge in [0.05, 0.1) is 17.9 Å². The Bertz CT molecular complexity index is 671. The summed E-state index contributed by atoms with van der Waals surface area (Å²) >= 11 is 0. The molecule has 5 heteroatoms. The van der Waals surface area contributed by atoms with Crippen LogP contribution in [0.5, 0.6) is 11.5 Å². The number of carbonyl (C=O) groups excluding carboxylic acids is 1. The number of rotatable bonds is 4. The molecule has 21 heavy (non-hydrogen) atoms. The summed E-state index contributed by atoms with van der Waals surface area (Å²) in [7, 11) is 0. The molecule has 0 atom stereocenters. The molecule has 0 saturated carbocycles. The van der Waals surface area contributed by atoms with Crippen molar-refractivity contribution in [3.8, 4) is 11.5 Å². The van der Waals surface area contributed by atoms with Gasteiger partial charge in [-0.1, -0.05) is 12.1 Å². The summed E-state index contributed by atoms with van der Waals surface area (Å²) in [5, 5.41) is 0. The molecular formula is C16H16FNO3. The van der Waals surface area contributed by atoms with E-state index in [9.17, 15) is 9.18 Å². The van der Waals surface area contributed by atoms with Crippen LogP contribution in [0.25, 0.3) is 0 Å². The molecule has 2 N–H and O–H groups in total. The Labute approximate surface area is 122 Å². The van der Waals surface area contributed by atoms with E-state index in [1.54, 1.807) is 38.1 Å². The second-order valence-corrected chi connectivity index (χ2v) is 4.45. The molecule has 0 aliphatic carbocycles. The maximum absolute atomic E-state index is 13.3. The van der Waals surface area contributed by atoms with Gasteiger partial charge in [-0.15, -0.1) is 0 Å². The molecule has 2 aromatic rings. The van der Waals surface area contributed by atoms with Gasteiger partial charge in [0.25, 0.3) is 0 Å². The van der Waals surface area contributed by atoms with Crippen molar-refractivity contribution in [1.82, 2.24) is 0 Å². The summed E-state index contributed by atoms with van der Waals surface area (Å²) in [5.74, 6) is -0.288. The Kier molecular flexibility index (Phi) is 4.42. The van der Waals surface area contributed by atoms with Gasteiger partial charge in [-0.3, -0.25) is 0 Å². The summed E-state index contributed by atoms with van der Waals surface area (Å²) in [6, 6.07) is 9.02. The normalized spacial score (nSPS) is 10.2. The number of hydrogen-bond acceptors (Lipinski definition) is 4. The zero-order valence-electron chi connectivity index (χ0n) is 11.9. The Morgan fingerprint density at radius 1 is 1.24 bits per heavy atom. The highest BCUT2D eigenvalue weighted by atomic mass is 19.1. The first kappa shape index (κ1) is 14.8. The first-order valence-electron chi connectivity index (χ1n) is 6.52. The van der Waals surface area contributed by atoms with Crippen molar-refractivity contribution in [2.75, 3.05) is 12.3 Å². The molecule has 0 aliphatic rings. The number of carbonyl (C=O) groups is 1. The Morgan fingerprint density at radius 3 is 2.71 bits per heavy atom. The lowest BCUT2D eigenvalue weighted by molar-refractivity contribution is 0.0527. The van der Waals surface area contributed by atoms with E-state index < -0.39 is 11.8 Å².